The Morgan fingerprint density at radius 3 is 2.75 bits per heavy atom. The van der Waals surface area contributed by atoms with E-state index in [1.54, 1.807) is 18.3 Å². The number of fused-ring (bicyclic) bond motifs is 1. The fourth-order valence-electron chi connectivity index (χ4n) is 2.75. The molecule has 0 aliphatic heterocycles. The number of thiophene rings is 1. The van der Waals surface area contributed by atoms with Crippen LogP contribution in [0.25, 0.3) is 11.0 Å². The first kappa shape index (κ1) is 16.7. The van der Waals surface area contributed by atoms with Crippen molar-refractivity contribution in [3.05, 3.63) is 57.5 Å². The molecule has 0 amide bonds. The topological polar surface area (TPSA) is 42.7 Å². The summed E-state index contributed by atoms with van der Waals surface area (Å²) in [5.41, 5.74) is 2.91. The number of carbonyl (C=O) groups excluding carboxylic acids is 1. The molecule has 126 valence electrons. The SMILES string of the molecule is CCOC(=O)c1oc2ccccc2c1CN(C)Cc1sccc1C. The van der Waals surface area contributed by atoms with E-state index >= 15 is 0 Å². The van der Waals surface area contributed by atoms with E-state index in [1.165, 1.54) is 10.4 Å². The second-order valence-electron chi connectivity index (χ2n) is 5.83. The van der Waals surface area contributed by atoms with Crippen LogP contribution in [0.3, 0.4) is 0 Å². The minimum Gasteiger partial charge on any atom is -0.460 e. The van der Waals surface area contributed by atoms with Gasteiger partial charge in [0.15, 0.2) is 0 Å². The maximum absolute atomic E-state index is 12.3. The first-order valence-corrected chi connectivity index (χ1v) is 8.87. The van der Waals surface area contributed by atoms with E-state index in [1.807, 2.05) is 24.3 Å². The van der Waals surface area contributed by atoms with Crippen LogP contribution in [-0.4, -0.2) is 24.5 Å². The van der Waals surface area contributed by atoms with Gasteiger partial charge in [0.25, 0.3) is 0 Å². The molecule has 0 spiro atoms. The highest BCUT2D eigenvalue weighted by Crippen LogP contribution is 2.28. The van der Waals surface area contributed by atoms with E-state index in [-0.39, 0.29) is 0 Å². The molecule has 24 heavy (non-hydrogen) atoms. The molecular formula is C19H21NO3S. The number of para-hydroxylation sites is 1. The minimum atomic E-state index is -0.399. The Kier molecular flexibility index (Phi) is 5.02. The Labute approximate surface area is 145 Å². The lowest BCUT2D eigenvalue weighted by molar-refractivity contribution is 0.0489. The fraction of sp³-hybridized carbons (Fsp3) is 0.316. The van der Waals surface area contributed by atoms with Crippen LogP contribution in [0.5, 0.6) is 0 Å². The van der Waals surface area contributed by atoms with Gasteiger partial charge in [-0.1, -0.05) is 18.2 Å². The van der Waals surface area contributed by atoms with Crippen molar-refractivity contribution in [2.24, 2.45) is 0 Å². The monoisotopic (exact) mass is 343 g/mol. The summed E-state index contributed by atoms with van der Waals surface area (Å²) in [4.78, 5) is 15.8. The molecule has 0 fully saturated rings. The van der Waals surface area contributed by atoms with Gasteiger partial charge in [0.05, 0.1) is 6.61 Å². The molecule has 0 aliphatic rings. The molecule has 1 aromatic carbocycles. The van der Waals surface area contributed by atoms with E-state index in [2.05, 4.69) is 30.3 Å². The first-order chi connectivity index (χ1) is 11.6. The quantitative estimate of drug-likeness (QED) is 0.613. The first-order valence-electron chi connectivity index (χ1n) is 7.99. The molecule has 0 N–H and O–H groups in total. The summed E-state index contributed by atoms with van der Waals surface area (Å²) in [6.07, 6.45) is 0. The van der Waals surface area contributed by atoms with Crippen LogP contribution in [0, 0.1) is 6.92 Å². The molecule has 0 radical (unpaired) electrons. The van der Waals surface area contributed by atoms with Crippen molar-refractivity contribution in [3.63, 3.8) is 0 Å². The van der Waals surface area contributed by atoms with E-state index in [9.17, 15) is 4.79 Å². The molecule has 2 aromatic heterocycles. The highest BCUT2D eigenvalue weighted by atomic mass is 32.1. The number of hydrogen-bond acceptors (Lipinski definition) is 5. The molecule has 5 heteroatoms. The zero-order chi connectivity index (χ0) is 17.1. The van der Waals surface area contributed by atoms with E-state index in [0.717, 1.165) is 23.1 Å². The zero-order valence-electron chi connectivity index (χ0n) is 14.2. The molecule has 0 bridgehead atoms. The fourth-order valence-corrected chi connectivity index (χ4v) is 3.74. The van der Waals surface area contributed by atoms with Crippen molar-refractivity contribution in [3.8, 4) is 0 Å². The summed E-state index contributed by atoms with van der Waals surface area (Å²) < 4.78 is 10.9. The Hall–Kier alpha value is -2.11. The van der Waals surface area contributed by atoms with Crippen LogP contribution in [0.2, 0.25) is 0 Å². The van der Waals surface area contributed by atoms with Gasteiger partial charge in [-0.05, 0) is 44.0 Å². The Balaban J connectivity index is 1.90. The Morgan fingerprint density at radius 1 is 1.25 bits per heavy atom. The van der Waals surface area contributed by atoms with Gasteiger partial charge in [0.1, 0.15) is 5.58 Å². The van der Waals surface area contributed by atoms with Crippen molar-refractivity contribution in [2.45, 2.75) is 26.9 Å². The van der Waals surface area contributed by atoms with E-state index in [4.69, 9.17) is 9.15 Å². The van der Waals surface area contributed by atoms with Crippen LogP contribution >= 0.6 is 11.3 Å². The molecule has 0 aliphatic carbocycles. The summed E-state index contributed by atoms with van der Waals surface area (Å²) >= 11 is 1.76. The van der Waals surface area contributed by atoms with Gasteiger partial charge in [-0.25, -0.2) is 4.79 Å². The lowest BCUT2D eigenvalue weighted by Gasteiger charge is -2.16. The summed E-state index contributed by atoms with van der Waals surface area (Å²) in [7, 11) is 2.05. The molecule has 3 rings (SSSR count). The van der Waals surface area contributed by atoms with Crippen molar-refractivity contribution < 1.29 is 13.9 Å². The average Bonchev–Trinajstić information content (AvgIpc) is 3.12. The predicted octanol–water partition coefficient (Wildman–Crippen LogP) is 4.61. The Morgan fingerprint density at radius 2 is 2.04 bits per heavy atom. The second-order valence-corrected chi connectivity index (χ2v) is 6.83. The normalized spacial score (nSPS) is 11.3. The molecule has 4 nitrogen and oxygen atoms in total. The lowest BCUT2D eigenvalue weighted by atomic mass is 10.1. The lowest BCUT2D eigenvalue weighted by Crippen LogP contribution is -2.19. The van der Waals surface area contributed by atoms with E-state index < -0.39 is 5.97 Å². The number of ether oxygens (including phenoxy) is 1. The predicted molar refractivity (Wildman–Crippen MR) is 96.4 cm³/mol. The molecular weight excluding hydrogens is 322 g/mol. The van der Waals surface area contributed by atoms with Gasteiger partial charge in [-0.15, -0.1) is 11.3 Å². The number of benzene rings is 1. The number of rotatable bonds is 6. The molecule has 0 atom stereocenters. The number of nitrogens with zero attached hydrogens (tertiary/aromatic N) is 1. The third-order valence-corrected chi connectivity index (χ3v) is 4.98. The maximum Gasteiger partial charge on any atom is 0.374 e. The van der Waals surface area contributed by atoms with Crippen LogP contribution in [-0.2, 0) is 17.8 Å². The van der Waals surface area contributed by atoms with Gasteiger partial charge >= 0.3 is 5.97 Å². The van der Waals surface area contributed by atoms with Crippen molar-refractivity contribution in [1.29, 1.82) is 0 Å². The van der Waals surface area contributed by atoms with Crippen molar-refractivity contribution >= 4 is 28.3 Å². The summed E-state index contributed by atoms with van der Waals surface area (Å²) in [6, 6.07) is 9.86. The highest BCUT2D eigenvalue weighted by Gasteiger charge is 2.22. The summed E-state index contributed by atoms with van der Waals surface area (Å²) in [5, 5.41) is 3.07. The second kappa shape index (κ2) is 7.20. The summed E-state index contributed by atoms with van der Waals surface area (Å²) in [5.74, 6) is -0.0859. The highest BCUT2D eigenvalue weighted by molar-refractivity contribution is 7.10. The largest absolute Gasteiger partial charge is 0.460 e. The molecule has 0 saturated carbocycles. The van der Waals surface area contributed by atoms with Gasteiger partial charge in [0.2, 0.25) is 5.76 Å². The molecule has 2 heterocycles. The number of furan rings is 1. The van der Waals surface area contributed by atoms with Crippen LogP contribution in [0.15, 0.2) is 40.1 Å². The van der Waals surface area contributed by atoms with Crippen LogP contribution in [0.4, 0.5) is 0 Å². The van der Waals surface area contributed by atoms with Crippen molar-refractivity contribution in [2.75, 3.05) is 13.7 Å². The minimum absolute atomic E-state index is 0.313. The van der Waals surface area contributed by atoms with Crippen molar-refractivity contribution in [1.82, 2.24) is 4.90 Å². The Bertz CT molecular complexity index is 849. The number of esters is 1. The number of aryl methyl sites for hydroxylation is 1. The van der Waals surface area contributed by atoms with Crippen LogP contribution in [0.1, 0.15) is 33.5 Å². The standard InChI is InChI=1S/C19H21NO3S/c1-4-22-19(21)18-15(14-7-5-6-8-16(14)23-18)11-20(3)12-17-13(2)9-10-24-17/h5-10H,4,11-12H2,1-3H3. The third-order valence-electron chi connectivity index (χ3n) is 3.97. The number of hydrogen-bond donors (Lipinski definition) is 0. The van der Waals surface area contributed by atoms with E-state index in [0.29, 0.717) is 18.9 Å². The molecule has 0 saturated heterocycles. The third kappa shape index (κ3) is 3.37. The van der Waals surface area contributed by atoms with Gasteiger partial charge in [-0.2, -0.15) is 0 Å². The van der Waals surface area contributed by atoms with Gasteiger partial charge < -0.3 is 9.15 Å². The smallest absolute Gasteiger partial charge is 0.374 e. The maximum atomic E-state index is 12.3. The molecule has 3 aromatic rings. The zero-order valence-corrected chi connectivity index (χ0v) is 15.0. The van der Waals surface area contributed by atoms with Gasteiger partial charge in [0, 0.05) is 28.9 Å². The number of carbonyl (C=O) groups is 1. The average molecular weight is 343 g/mol. The summed E-state index contributed by atoms with van der Waals surface area (Å²) in [6.45, 7) is 5.72. The van der Waals surface area contributed by atoms with Gasteiger partial charge in [-0.3, -0.25) is 4.90 Å². The van der Waals surface area contributed by atoms with Crippen LogP contribution < -0.4 is 0 Å². The molecule has 0 unspecified atom stereocenters.